The summed E-state index contributed by atoms with van der Waals surface area (Å²) in [6.07, 6.45) is 2.72. The van der Waals surface area contributed by atoms with Crippen molar-refractivity contribution in [2.24, 2.45) is 5.11 Å². The quantitative estimate of drug-likeness (QED) is 0.204. The zero-order chi connectivity index (χ0) is 15.7. The van der Waals surface area contributed by atoms with E-state index in [4.69, 9.17) is 19.7 Å². The van der Waals surface area contributed by atoms with Gasteiger partial charge in [0, 0.05) is 18.1 Å². The van der Waals surface area contributed by atoms with Crippen LogP contribution in [0.3, 0.4) is 0 Å². The molecule has 0 amide bonds. The molecule has 0 radical (unpaired) electrons. The molecule has 1 heterocycles. The Morgan fingerprint density at radius 3 is 2.62 bits per heavy atom. The molecule has 0 aromatic carbocycles. The highest BCUT2D eigenvalue weighted by molar-refractivity contribution is 5.84. The second-order valence-corrected chi connectivity index (χ2v) is 5.35. The van der Waals surface area contributed by atoms with Crippen LogP contribution in [0.1, 0.15) is 46.5 Å². The van der Waals surface area contributed by atoms with Gasteiger partial charge >= 0.3 is 5.97 Å². The number of unbranched alkanes of at least 4 members (excludes halogenated alkanes) is 2. The minimum Gasteiger partial charge on any atom is -0.457 e. The number of esters is 1. The van der Waals surface area contributed by atoms with Crippen molar-refractivity contribution in [2.75, 3.05) is 19.8 Å². The Morgan fingerprint density at radius 1 is 1.33 bits per heavy atom. The monoisotopic (exact) mass is 299 g/mol. The highest BCUT2D eigenvalue weighted by Gasteiger charge is 2.55. The van der Waals surface area contributed by atoms with Crippen molar-refractivity contribution in [2.45, 2.75) is 64.2 Å². The van der Waals surface area contributed by atoms with Crippen molar-refractivity contribution in [3.8, 4) is 0 Å². The summed E-state index contributed by atoms with van der Waals surface area (Å²) in [6, 6.07) is 0. The van der Waals surface area contributed by atoms with Gasteiger partial charge in [0.1, 0.15) is 6.10 Å². The van der Waals surface area contributed by atoms with Crippen LogP contribution in [0.15, 0.2) is 5.11 Å². The molecule has 3 atom stereocenters. The van der Waals surface area contributed by atoms with Crippen LogP contribution >= 0.6 is 0 Å². The molecule has 0 unspecified atom stereocenters. The Labute approximate surface area is 125 Å². The SMILES string of the molecule is CCCCOC[C@H]1OC(=O)[C@](C)(N=[N+]=[N-])[C@@H]1OCCCC. The van der Waals surface area contributed by atoms with Crippen molar-refractivity contribution in [1.29, 1.82) is 0 Å². The standard InChI is InChI=1S/C14H25N3O4/c1-4-6-8-19-10-11-12(20-9-7-5-2)14(3,16-17-15)13(18)21-11/h11-12H,4-10H2,1-3H3/t11-,12-,14-/m1/s1. The lowest BCUT2D eigenvalue weighted by Crippen LogP contribution is -2.44. The topological polar surface area (TPSA) is 93.5 Å². The lowest BCUT2D eigenvalue weighted by molar-refractivity contribution is -0.146. The van der Waals surface area contributed by atoms with E-state index in [-0.39, 0.29) is 6.61 Å². The van der Waals surface area contributed by atoms with Crippen molar-refractivity contribution in [3.63, 3.8) is 0 Å². The van der Waals surface area contributed by atoms with Gasteiger partial charge in [-0.2, -0.15) is 0 Å². The van der Waals surface area contributed by atoms with Gasteiger partial charge in [0.05, 0.1) is 6.61 Å². The van der Waals surface area contributed by atoms with E-state index in [0.29, 0.717) is 13.2 Å². The summed E-state index contributed by atoms with van der Waals surface area (Å²) < 4.78 is 16.6. The van der Waals surface area contributed by atoms with Crippen LogP contribution in [0.4, 0.5) is 0 Å². The molecule has 0 bridgehead atoms. The molecule has 1 fully saturated rings. The number of azide groups is 1. The number of nitrogens with zero attached hydrogens (tertiary/aromatic N) is 3. The van der Waals surface area contributed by atoms with Gasteiger partial charge in [0.15, 0.2) is 11.6 Å². The molecule has 21 heavy (non-hydrogen) atoms. The summed E-state index contributed by atoms with van der Waals surface area (Å²) in [4.78, 5) is 14.8. The van der Waals surface area contributed by atoms with Crippen molar-refractivity contribution in [3.05, 3.63) is 10.4 Å². The minimum atomic E-state index is -1.32. The molecule has 1 aliphatic heterocycles. The molecular formula is C14H25N3O4. The molecular weight excluding hydrogens is 274 g/mol. The van der Waals surface area contributed by atoms with Crippen molar-refractivity contribution < 1.29 is 19.0 Å². The van der Waals surface area contributed by atoms with Gasteiger partial charge in [-0.1, -0.05) is 31.8 Å². The van der Waals surface area contributed by atoms with E-state index < -0.39 is 23.7 Å². The lowest BCUT2D eigenvalue weighted by atomic mass is 9.95. The predicted octanol–water partition coefficient (Wildman–Crippen LogP) is 2.98. The maximum atomic E-state index is 12.0. The third-order valence-corrected chi connectivity index (χ3v) is 3.54. The summed E-state index contributed by atoms with van der Waals surface area (Å²) in [5.74, 6) is -0.550. The first-order valence-electron chi connectivity index (χ1n) is 7.56. The van der Waals surface area contributed by atoms with Crippen LogP contribution in [0.2, 0.25) is 0 Å². The van der Waals surface area contributed by atoms with Gasteiger partial charge in [-0.15, -0.1) is 0 Å². The van der Waals surface area contributed by atoms with E-state index in [1.165, 1.54) is 0 Å². The molecule has 0 spiro atoms. The molecule has 0 aliphatic carbocycles. The molecule has 7 heteroatoms. The third kappa shape index (κ3) is 4.59. The van der Waals surface area contributed by atoms with E-state index in [1.54, 1.807) is 6.92 Å². The fourth-order valence-electron chi connectivity index (χ4n) is 2.18. The predicted molar refractivity (Wildman–Crippen MR) is 77.8 cm³/mol. The molecule has 0 N–H and O–H groups in total. The summed E-state index contributed by atoms with van der Waals surface area (Å²) >= 11 is 0. The average molecular weight is 299 g/mol. The smallest absolute Gasteiger partial charge is 0.321 e. The number of hydrogen-bond acceptors (Lipinski definition) is 5. The van der Waals surface area contributed by atoms with Crippen LogP contribution in [-0.2, 0) is 19.0 Å². The fourth-order valence-corrected chi connectivity index (χ4v) is 2.18. The zero-order valence-corrected chi connectivity index (χ0v) is 13.1. The van der Waals surface area contributed by atoms with Crippen molar-refractivity contribution >= 4 is 5.97 Å². The van der Waals surface area contributed by atoms with Gasteiger partial charge in [-0.25, -0.2) is 0 Å². The maximum absolute atomic E-state index is 12.0. The second kappa shape index (κ2) is 8.87. The van der Waals surface area contributed by atoms with Crippen LogP contribution in [0, 0.1) is 0 Å². The summed E-state index contributed by atoms with van der Waals surface area (Å²) in [7, 11) is 0. The highest BCUT2D eigenvalue weighted by Crippen LogP contribution is 2.33. The summed E-state index contributed by atoms with van der Waals surface area (Å²) in [5.41, 5.74) is 7.38. The molecule has 0 aromatic heterocycles. The van der Waals surface area contributed by atoms with Crippen LogP contribution in [-0.4, -0.2) is 43.5 Å². The number of rotatable bonds is 10. The molecule has 0 aromatic rings. The van der Waals surface area contributed by atoms with Crippen molar-refractivity contribution in [1.82, 2.24) is 0 Å². The average Bonchev–Trinajstić information content (AvgIpc) is 2.69. The largest absolute Gasteiger partial charge is 0.457 e. The van der Waals surface area contributed by atoms with Gasteiger partial charge < -0.3 is 14.2 Å². The lowest BCUT2D eigenvalue weighted by Gasteiger charge is -2.25. The van der Waals surface area contributed by atoms with Crippen LogP contribution < -0.4 is 0 Å². The number of cyclic esters (lactones) is 1. The molecule has 1 aliphatic rings. The van der Waals surface area contributed by atoms with Gasteiger partial charge in [0.2, 0.25) is 0 Å². The molecule has 7 nitrogen and oxygen atoms in total. The maximum Gasteiger partial charge on any atom is 0.321 e. The molecule has 120 valence electrons. The molecule has 1 rings (SSSR count). The molecule has 1 saturated heterocycles. The first-order chi connectivity index (χ1) is 10.1. The van der Waals surface area contributed by atoms with Gasteiger partial charge in [-0.3, -0.25) is 4.79 Å². The Bertz CT molecular complexity index is 384. The Hall–Kier alpha value is -1.30. The number of hydrogen-bond donors (Lipinski definition) is 0. The van der Waals surface area contributed by atoms with E-state index in [2.05, 4.69) is 23.9 Å². The highest BCUT2D eigenvalue weighted by atomic mass is 16.6. The second-order valence-electron chi connectivity index (χ2n) is 5.35. The normalized spacial score (nSPS) is 28.2. The third-order valence-electron chi connectivity index (χ3n) is 3.54. The Morgan fingerprint density at radius 2 is 2.00 bits per heavy atom. The fraction of sp³-hybridized carbons (Fsp3) is 0.929. The van der Waals surface area contributed by atoms with Gasteiger partial charge in [0.25, 0.3) is 0 Å². The van der Waals surface area contributed by atoms with E-state index in [9.17, 15) is 4.79 Å². The van der Waals surface area contributed by atoms with E-state index >= 15 is 0 Å². The Balaban J connectivity index is 2.71. The number of ether oxygens (including phenoxy) is 3. The number of carbonyl (C=O) groups is 1. The Kier molecular flexibility index (Phi) is 7.50. The van der Waals surface area contributed by atoms with Crippen LogP contribution in [0.25, 0.3) is 10.4 Å². The molecule has 0 saturated carbocycles. The van der Waals surface area contributed by atoms with Gasteiger partial charge in [-0.05, 0) is 25.3 Å². The summed E-state index contributed by atoms with van der Waals surface area (Å²) in [5, 5.41) is 3.62. The minimum absolute atomic E-state index is 0.263. The first kappa shape index (κ1) is 17.8. The van der Waals surface area contributed by atoms with E-state index in [1.807, 2.05) is 0 Å². The van der Waals surface area contributed by atoms with Crippen LogP contribution in [0.5, 0.6) is 0 Å². The number of carbonyl (C=O) groups excluding carboxylic acids is 1. The first-order valence-corrected chi connectivity index (χ1v) is 7.56. The summed E-state index contributed by atoms with van der Waals surface area (Å²) in [6.45, 7) is 7.06. The zero-order valence-electron chi connectivity index (χ0n) is 13.1. The van der Waals surface area contributed by atoms with E-state index in [0.717, 1.165) is 25.7 Å².